The Labute approximate surface area is 123 Å². The van der Waals surface area contributed by atoms with Gasteiger partial charge in [-0.05, 0) is 31.0 Å². The van der Waals surface area contributed by atoms with E-state index in [1.807, 2.05) is 44.2 Å². The van der Waals surface area contributed by atoms with E-state index in [1.54, 1.807) is 12.4 Å². The van der Waals surface area contributed by atoms with Crippen molar-refractivity contribution in [1.29, 1.82) is 0 Å². The van der Waals surface area contributed by atoms with Crippen molar-refractivity contribution in [3.05, 3.63) is 65.1 Å². The number of amides is 1. The molecule has 0 bridgehead atoms. The second-order valence-corrected chi connectivity index (χ2v) is 5.17. The highest BCUT2D eigenvalue weighted by Gasteiger charge is 2.16. The van der Waals surface area contributed by atoms with Crippen molar-refractivity contribution in [3.8, 4) is 0 Å². The fourth-order valence-corrected chi connectivity index (χ4v) is 2.56. The molecule has 3 aromatic rings. The van der Waals surface area contributed by atoms with Crippen molar-refractivity contribution in [2.24, 2.45) is 0 Å². The molecule has 106 valence electrons. The summed E-state index contributed by atoms with van der Waals surface area (Å²) in [5.74, 6) is -0.0618. The summed E-state index contributed by atoms with van der Waals surface area (Å²) in [4.78, 5) is 19.8. The molecule has 4 nitrogen and oxygen atoms in total. The highest BCUT2D eigenvalue weighted by Crippen LogP contribution is 2.24. The summed E-state index contributed by atoms with van der Waals surface area (Å²) >= 11 is 0. The van der Waals surface area contributed by atoms with Gasteiger partial charge in [-0.25, -0.2) is 0 Å². The van der Waals surface area contributed by atoms with E-state index < -0.39 is 0 Å². The number of hydrogen-bond donors (Lipinski definition) is 2. The minimum Gasteiger partial charge on any atom is -0.358 e. The van der Waals surface area contributed by atoms with Crippen LogP contribution in [0.5, 0.6) is 0 Å². The van der Waals surface area contributed by atoms with Crippen molar-refractivity contribution in [3.63, 3.8) is 0 Å². The van der Waals surface area contributed by atoms with Gasteiger partial charge in [0.25, 0.3) is 5.91 Å². The van der Waals surface area contributed by atoms with Gasteiger partial charge in [0.2, 0.25) is 0 Å². The number of H-pyrrole nitrogens is 1. The topological polar surface area (TPSA) is 57.8 Å². The molecule has 0 unspecified atom stereocenters. The molecule has 2 heterocycles. The van der Waals surface area contributed by atoms with E-state index in [9.17, 15) is 4.79 Å². The molecule has 2 N–H and O–H groups in total. The van der Waals surface area contributed by atoms with Crippen LogP contribution in [0, 0.1) is 13.8 Å². The van der Waals surface area contributed by atoms with E-state index in [0.29, 0.717) is 6.54 Å². The Hall–Kier alpha value is -2.62. The first kappa shape index (κ1) is 13.4. The predicted molar refractivity (Wildman–Crippen MR) is 83.2 cm³/mol. The number of aromatic amines is 1. The number of nitrogens with one attached hydrogen (secondary N) is 2. The van der Waals surface area contributed by atoms with Gasteiger partial charge < -0.3 is 10.3 Å². The monoisotopic (exact) mass is 279 g/mol. The summed E-state index contributed by atoms with van der Waals surface area (Å²) in [7, 11) is 0. The first-order valence-electron chi connectivity index (χ1n) is 6.92. The number of benzene rings is 1. The zero-order valence-corrected chi connectivity index (χ0v) is 12.1. The molecule has 0 fully saturated rings. The number of rotatable bonds is 3. The first-order chi connectivity index (χ1) is 10.2. The molecule has 0 saturated carbocycles. The molecule has 0 aliphatic rings. The molecule has 0 saturated heterocycles. The Balaban J connectivity index is 1.88. The Bertz CT molecular complexity index is 790. The summed E-state index contributed by atoms with van der Waals surface area (Å²) < 4.78 is 0. The number of para-hydroxylation sites is 1. The first-order valence-corrected chi connectivity index (χ1v) is 6.92. The van der Waals surface area contributed by atoms with Gasteiger partial charge in [-0.3, -0.25) is 9.78 Å². The van der Waals surface area contributed by atoms with Gasteiger partial charge in [0.1, 0.15) is 0 Å². The summed E-state index contributed by atoms with van der Waals surface area (Å²) in [6, 6.07) is 9.80. The van der Waals surface area contributed by atoms with Crippen LogP contribution in [0.4, 0.5) is 0 Å². The highest BCUT2D eigenvalue weighted by molar-refractivity contribution is 6.08. The number of carbonyl (C=O) groups is 1. The average Bonchev–Trinajstić information content (AvgIpc) is 2.84. The van der Waals surface area contributed by atoms with E-state index >= 15 is 0 Å². The standard InChI is InChI=1S/C17H17N3O/c1-11-5-3-7-14-15(12(2)20-16(11)14)17(21)19-10-13-6-4-8-18-9-13/h3-9,20H,10H2,1-2H3,(H,19,21). The molecule has 21 heavy (non-hydrogen) atoms. The molecular weight excluding hydrogens is 262 g/mol. The molecule has 0 aliphatic heterocycles. The van der Waals surface area contributed by atoms with Crippen LogP contribution in [0.2, 0.25) is 0 Å². The number of nitrogens with zero attached hydrogens (tertiary/aromatic N) is 1. The highest BCUT2D eigenvalue weighted by atomic mass is 16.1. The maximum absolute atomic E-state index is 12.5. The molecule has 1 aromatic carbocycles. The normalized spacial score (nSPS) is 10.8. The summed E-state index contributed by atoms with van der Waals surface area (Å²) in [5, 5.41) is 3.92. The van der Waals surface area contributed by atoms with Gasteiger partial charge in [-0.1, -0.05) is 24.3 Å². The third-order valence-electron chi connectivity index (χ3n) is 3.63. The van der Waals surface area contributed by atoms with E-state index in [1.165, 1.54) is 0 Å². The molecule has 0 aliphatic carbocycles. The van der Waals surface area contributed by atoms with Gasteiger partial charge in [-0.2, -0.15) is 0 Å². The van der Waals surface area contributed by atoms with Crippen LogP contribution < -0.4 is 5.32 Å². The fraction of sp³-hybridized carbons (Fsp3) is 0.176. The Morgan fingerprint density at radius 1 is 1.24 bits per heavy atom. The smallest absolute Gasteiger partial charge is 0.253 e. The zero-order valence-electron chi connectivity index (χ0n) is 12.1. The van der Waals surface area contributed by atoms with Crippen molar-refractivity contribution in [2.45, 2.75) is 20.4 Å². The molecule has 3 rings (SSSR count). The third-order valence-corrected chi connectivity index (χ3v) is 3.63. The second kappa shape index (κ2) is 5.40. The molecule has 1 amide bonds. The number of aryl methyl sites for hydroxylation is 2. The maximum atomic E-state index is 12.5. The number of fused-ring (bicyclic) bond motifs is 1. The van der Waals surface area contributed by atoms with Crippen LogP contribution in [0.1, 0.15) is 27.2 Å². The fourth-order valence-electron chi connectivity index (χ4n) is 2.56. The Morgan fingerprint density at radius 2 is 2.10 bits per heavy atom. The zero-order chi connectivity index (χ0) is 14.8. The molecule has 0 radical (unpaired) electrons. The van der Waals surface area contributed by atoms with Gasteiger partial charge >= 0.3 is 0 Å². The van der Waals surface area contributed by atoms with Gasteiger partial charge in [0.05, 0.1) is 5.56 Å². The molecular formula is C17H17N3O. The van der Waals surface area contributed by atoms with Crippen LogP contribution in [0.15, 0.2) is 42.7 Å². The summed E-state index contributed by atoms with van der Waals surface area (Å²) in [6.07, 6.45) is 3.48. The largest absolute Gasteiger partial charge is 0.358 e. The van der Waals surface area contributed by atoms with Gasteiger partial charge in [-0.15, -0.1) is 0 Å². The van der Waals surface area contributed by atoms with Crippen molar-refractivity contribution in [1.82, 2.24) is 15.3 Å². The van der Waals surface area contributed by atoms with E-state index in [4.69, 9.17) is 0 Å². The minimum atomic E-state index is -0.0618. The lowest BCUT2D eigenvalue weighted by atomic mass is 10.1. The third kappa shape index (κ3) is 2.52. The van der Waals surface area contributed by atoms with Crippen LogP contribution in [-0.2, 0) is 6.54 Å². The van der Waals surface area contributed by atoms with Crippen LogP contribution in [0.3, 0.4) is 0 Å². The van der Waals surface area contributed by atoms with Crippen LogP contribution in [-0.4, -0.2) is 15.9 Å². The van der Waals surface area contributed by atoms with Crippen LogP contribution >= 0.6 is 0 Å². The lowest BCUT2D eigenvalue weighted by Gasteiger charge is -2.05. The Kier molecular flexibility index (Phi) is 3.44. The lowest BCUT2D eigenvalue weighted by molar-refractivity contribution is 0.0952. The van der Waals surface area contributed by atoms with Crippen molar-refractivity contribution in [2.75, 3.05) is 0 Å². The second-order valence-electron chi connectivity index (χ2n) is 5.17. The van der Waals surface area contributed by atoms with E-state index in [0.717, 1.165) is 33.3 Å². The summed E-state index contributed by atoms with van der Waals surface area (Å²) in [6.45, 7) is 4.44. The molecule has 4 heteroatoms. The molecule has 2 aromatic heterocycles. The SMILES string of the molecule is Cc1[nH]c2c(C)cccc2c1C(=O)NCc1cccnc1. The van der Waals surface area contributed by atoms with Crippen molar-refractivity contribution < 1.29 is 4.79 Å². The molecule has 0 spiro atoms. The predicted octanol–water partition coefficient (Wildman–Crippen LogP) is 3.11. The van der Waals surface area contributed by atoms with Gasteiger partial charge in [0, 0.05) is 35.5 Å². The molecule has 0 atom stereocenters. The minimum absolute atomic E-state index is 0.0618. The Morgan fingerprint density at radius 3 is 2.86 bits per heavy atom. The number of hydrogen-bond acceptors (Lipinski definition) is 2. The maximum Gasteiger partial charge on any atom is 0.253 e. The number of pyridine rings is 1. The van der Waals surface area contributed by atoms with E-state index in [2.05, 4.69) is 15.3 Å². The summed E-state index contributed by atoms with van der Waals surface area (Å²) in [5.41, 5.74) is 4.77. The quantitative estimate of drug-likeness (QED) is 0.774. The average molecular weight is 279 g/mol. The van der Waals surface area contributed by atoms with Crippen molar-refractivity contribution >= 4 is 16.8 Å². The lowest BCUT2D eigenvalue weighted by Crippen LogP contribution is -2.23. The van der Waals surface area contributed by atoms with Crippen LogP contribution in [0.25, 0.3) is 10.9 Å². The van der Waals surface area contributed by atoms with Gasteiger partial charge in [0.15, 0.2) is 0 Å². The number of carbonyl (C=O) groups excluding carboxylic acids is 1. The van der Waals surface area contributed by atoms with E-state index in [-0.39, 0.29) is 5.91 Å². The number of aromatic nitrogens is 2.